The molecule has 1 aromatic carbocycles. The number of hydrogen-bond acceptors (Lipinski definition) is 2. The molecular weight excluding hydrogens is 240 g/mol. The fraction of sp³-hybridized carbons (Fsp3) is 0.400. The quantitative estimate of drug-likeness (QED) is 0.829. The van der Waals surface area contributed by atoms with Gasteiger partial charge in [-0.15, -0.1) is 12.4 Å². The minimum atomic E-state index is -0.300. The van der Waals surface area contributed by atoms with Crippen LogP contribution in [0.5, 0.6) is 0 Å². The molecule has 0 aliphatic carbocycles. The van der Waals surface area contributed by atoms with Crippen LogP contribution in [0.4, 0.5) is 4.39 Å². The van der Waals surface area contributed by atoms with Crippen LogP contribution < -0.4 is 5.32 Å². The zero-order valence-corrected chi connectivity index (χ0v) is 9.58. The van der Waals surface area contributed by atoms with Gasteiger partial charge in [0.05, 0.1) is 12.7 Å². The molecule has 0 radical (unpaired) electrons. The zero-order chi connectivity index (χ0) is 9.97. The van der Waals surface area contributed by atoms with Crippen molar-refractivity contribution in [3.63, 3.8) is 0 Å². The van der Waals surface area contributed by atoms with Crippen LogP contribution in [0.3, 0.4) is 0 Å². The van der Waals surface area contributed by atoms with Crippen molar-refractivity contribution in [2.24, 2.45) is 0 Å². The van der Waals surface area contributed by atoms with E-state index in [1.54, 1.807) is 12.1 Å². The van der Waals surface area contributed by atoms with Crippen LogP contribution in [-0.2, 0) is 4.74 Å². The van der Waals surface area contributed by atoms with E-state index in [0.717, 1.165) is 6.54 Å². The van der Waals surface area contributed by atoms with Crippen LogP contribution in [0.1, 0.15) is 11.7 Å². The highest BCUT2D eigenvalue weighted by atomic mass is 35.5. The Labute approximate surface area is 99.2 Å². The van der Waals surface area contributed by atoms with Crippen molar-refractivity contribution in [1.82, 2.24) is 5.32 Å². The van der Waals surface area contributed by atoms with E-state index in [9.17, 15) is 4.39 Å². The molecular formula is C10H12Cl2FNO. The van der Waals surface area contributed by atoms with Gasteiger partial charge >= 0.3 is 0 Å². The Morgan fingerprint density at radius 1 is 1.47 bits per heavy atom. The van der Waals surface area contributed by atoms with E-state index in [2.05, 4.69) is 5.32 Å². The van der Waals surface area contributed by atoms with E-state index >= 15 is 0 Å². The summed E-state index contributed by atoms with van der Waals surface area (Å²) in [6.07, 6.45) is -0.266. The lowest BCUT2D eigenvalue weighted by Gasteiger charge is -2.24. The predicted molar refractivity (Wildman–Crippen MR) is 60.2 cm³/mol. The summed E-state index contributed by atoms with van der Waals surface area (Å²) in [4.78, 5) is 0. The number of ether oxygens (including phenoxy) is 1. The first kappa shape index (κ1) is 12.7. The fourth-order valence-corrected chi connectivity index (χ4v) is 1.85. The number of morpholine rings is 1. The third-order valence-electron chi connectivity index (χ3n) is 2.25. The van der Waals surface area contributed by atoms with Crippen molar-refractivity contribution in [2.45, 2.75) is 6.10 Å². The van der Waals surface area contributed by atoms with Gasteiger partial charge in [-0.25, -0.2) is 4.39 Å². The second-order valence-electron chi connectivity index (χ2n) is 3.20. The Bertz CT molecular complexity index is 309. The van der Waals surface area contributed by atoms with Gasteiger partial charge in [-0.3, -0.25) is 0 Å². The minimum absolute atomic E-state index is 0. The average Bonchev–Trinajstić information content (AvgIpc) is 2.19. The van der Waals surface area contributed by atoms with E-state index in [1.807, 2.05) is 0 Å². The second-order valence-corrected chi connectivity index (χ2v) is 3.61. The molecule has 0 aromatic heterocycles. The third kappa shape index (κ3) is 2.82. The molecule has 2 rings (SSSR count). The first-order valence-electron chi connectivity index (χ1n) is 4.55. The lowest BCUT2D eigenvalue weighted by Crippen LogP contribution is -2.33. The Hall–Kier alpha value is -0.350. The SMILES string of the molecule is Cl.Fc1cccc(Cl)c1C1CNCCO1. The van der Waals surface area contributed by atoms with Gasteiger partial charge < -0.3 is 10.1 Å². The predicted octanol–water partition coefficient (Wildman–Crippen LogP) is 2.56. The molecule has 1 heterocycles. The van der Waals surface area contributed by atoms with Gasteiger partial charge in [-0.05, 0) is 12.1 Å². The van der Waals surface area contributed by atoms with E-state index < -0.39 is 0 Å². The van der Waals surface area contributed by atoms with Crippen molar-refractivity contribution in [1.29, 1.82) is 0 Å². The highest BCUT2D eigenvalue weighted by molar-refractivity contribution is 6.31. The maximum absolute atomic E-state index is 13.4. The Balaban J connectivity index is 0.00000112. The molecule has 1 saturated heterocycles. The normalized spacial score (nSPS) is 20.8. The van der Waals surface area contributed by atoms with Crippen molar-refractivity contribution in [3.8, 4) is 0 Å². The molecule has 1 aliphatic rings. The molecule has 1 atom stereocenters. The Kier molecular flexibility index (Phi) is 4.80. The molecule has 15 heavy (non-hydrogen) atoms. The summed E-state index contributed by atoms with van der Waals surface area (Å²) in [5.41, 5.74) is 0.460. The molecule has 0 amide bonds. The standard InChI is InChI=1S/C10H11ClFNO.ClH/c11-7-2-1-3-8(12)10(7)9-6-13-4-5-14-9;/h1-3,9,13H,4-6H2;1H. The van der Waals surface area contributed by atoms with Gasteiger partial charge in [-0.1, -0.05) is 17.7 Å². The molecule has 84 valence electrons. The van der Waals surface area contributed by atoms with E-state index in [4.69, 9.17) is 16.3 Å². The number of benzene rings is 1. The second kappa shape index (κ2) is 5.66. The lowest BCUT2D eigenvalue weighted by atomic mass is 10.1. The molecule has 1 unspecified atom stereocenters. The maximum atomic E-state index is 13.4. The minimum Gasteiger partial charge on any atom is -0.371 e. The topological polar surface area (TPSA) is 21.3 Å². The summed E-state index contributed by atoms with van der Waals surface area (Å²) >= 11 is 5.92. The number of halogens is 3. The fourth-order valence-electron chi connectivity index (χ4n) is 1.57. The molecule has 1 aromatic rings. The molecule has 5 heteroatoms. The van der Waals surface area contributed by atoms with Crippen LogP contribution in [-0.4, -0.2) is 19.7 Å². The van der Waals surface area contributed by atoms with Crippen molar-refractivity contribution >= 4 is 24.0 Å². The maximum Gasteiger partial charge on any atom is 0.130 e. The smallest absolute Gasteiger partial charge is 0.130 e. The van der Waals surface area contributed by atoms with Gasteiger partial charge in [0.25, 0.3) is 0 Å². The largest absolute Gasteiger partial charge is 0.371 e. The van der Waals surface area contributed by atoms with E-state index in [0.29, 0.717) is 23.7 Å². The highest BCUT2D eigenvalue weighted by Crippen LogP contribution is 2.28. The molecule has 0 saturated carbocycles. The van der Waals surface area contributed by atoms with Crippen LogP contribution in [0.15, 0.2) is 18.2 Å². The summed E-state index contributed by atoms with van der Waals surface area (Å²) in [5.74, 6) is -0.300. The first-order chi connectivity index (χ1) is 6.79. The molecule has 1 aliphatic heterocycles. The monoisotopic (exact) mass is 251 g/mol. The third-order valence-corrected chi connectivity index (χ3v) is 2.58. The van der Waals surface area contributed by atoms with Crippen LogP contribution in [0.25, 0.3) is 0 Å². The summed E-state index contributed by atoms with van der Waals surface area (Å²) < 4.78 is 18.9. The highest BCUT2D eigenvalue weighted by Gasteiger charge is 2.21. The molecule has 0 bridgehead atoms. The number of nitrogens with one attached hydrogen (secondary N) is 1. The van der Waals surface area contributed by atoms with Crippen LogP contribution >= 0.6 is 24.0 Å². The van der Waals surface area contributed by atoms with Crippen molar-refractivity contribution in [3.05, 3.63) is 34.6 Å². The first-order valence-corrected chi connectivity index (χ1v) is 4.93. The van der Waals surface area contributed by atoms with Gasteiger partial charge in [0.1, 0.15) is 5.82 Å². The summed E-state index contributed by atoms with van der Waals surface area (Å²) in [5, 5.41) is 3.57. The summed E-state index contributed by atoms with van der Waals surface area (Å²) in [7, 11) is 0. The average molecular weight is 252 g/mol. The molecule has 0 spiro atoms. The molecule has 1 N–H and O–H groups in total. The molecule has 2 nitrogen and oxygen atoms in total. The van der Waals surface area contributed by atoms with Gasteiger partial charge in [0, 0.05) is 23.7 Å². The van der Waals surface area contributed by atoms with Crippen LogP contribution in [0.2, 0.25) is 5.02 Å². The van der Waals surface area contributed by atoms with Gasteiger partial charge in [0.15, 0.2) is 0 Å². The van der Waals surface area contributed by atoms with Crippen molar-refractivity contribution < 1.29 is 9.13 Å². The number of hydrogen-bond donors (Lipinski definition) is 1. The summed E-state index contributed by atoms with van der Waals surface area (Å²) in [6.45, 7) is 2.01. The van der Waals surface area contributed by atoms with Crippen LogP contribution in [0, 0.1) is 5.82 Å². The van der Waals surface area contributed by atoms with Gasteiger partial charge in [-0.2, -0.15) is 0 Å². The van der Waals surface area contributed by atoms with Gasteiger partial charge in [0.2, 0.25) is 0 Å². The summed E-state index contributed by atoms with van der Waals surface area (Å²) in [6, 6.07) is 4.68. The molecule has 1 fully saturated rings. The lowest BCUT2D eigenvalue weighted by molar-refractivity contribution is 0.0256. The van der Waals surface area contributed by atoms with E-state index in [1.165, 1.54) is 6.07 Å². The zero-order valence-electron chi connectivity index (χ0n) is 8.00. The van der Waals surface area contributed by atoms with Crippen molar-refractivity contribution in [2.75, 3.05) is 19.7 Å². The Morgan fingerprint density at radius 3 is 2.87 bits per heavy atom. The van der Waals surface area contributed by atoms with E-state index in [-0.39, 0.29) is 24.3 Å². The number of rotatable bonds is 1. The Morgan fingerprint density at radius 2 is 2.27 bits per heavy atom.